The van der Waals surface area contributed by atoms with E-state index in [0.717, 1.165) is 17.0 Å². The van der Waals surface area contributed by atoms with Crippen molar-refractivity contribution in [1.29, 1.82) is 0 Å². The lowest BCUT2D eigenvalue weighted by atomic mass is 10.2. The third kappa shape index (κ3) is 5.72. The van der Waals surface area contributed by atoms with E-state index < -0.39 is 48.9 Å². The molecule has 1 amide bonds. The highest BCUT2D eigenvalue weighted by molar-refractivity contribution is 5.78. The Labute approximate surface area is 150 Å². The Morgan fingerprint density at radius 3 is 2.19 bits per heavy atom. The monoisotopic (exact) mass is 402 g/mol. The van der Waals surface area contributed by atoms with Crippen LogP contribution in [0.1, 0.15) is 5.56 Å². The highest BCUT2D eigenvalue weighted by Gasteiger charge is 2.42. The summed E-state index contributed by atoms with van der Waals surface area (Å²) in [6.07, 6.45) is -8.42. The lowest BCUT2D eigenvalue weighted by Gasteiger charge is -2.36. The number of ether oxygens (including phenoxy) is 1. The highest BCUT2D eigenvalue weighted by Crippen LogP contribution is 2.35. The first-order valence-corrected chi connectivity index (χ1v) is 7.96. The molecule has 1 aliphatic heterocycles. The van der Waals surface area contributed by atoms with Gasteiger partial charge in [0.25, 0.3) is 5.91 Å². The van der Waals surface area contributed by atoms with Crippen molar-refractivity contribution in [3.05, 3.63) is 29.8 Å². The molecule has 1 heterocycles. The first-order valence-electron chi connectivity index (χ1n) is 7.96. The molecule has 27 heavy (non-hydrogen) atoms. The fourth-order valence-electron chi connectivity index (χ4n) is 2.58. The second-order valence-corrected chi connectivity index (χ2v) is 6.00. The van der Waals surface area contributed by atoms with Gasteiger partial charge in [-0.25, -0.2) is 8.78 Å². The van der Waals surface area contributed by atoms with Gasteiger partial charge in [0, 0.05) is 26.2 Å². The van der Waals surface area contributed by atoms with Crippen LogP contribution in [-0.2, 0) is 11.0 Å². The van der Waals surface area contributed by atoms with E-state index in [0.29, 0.717) is 0 Å². The highest BCUT2D eigenvalue weighted by atomic mass is 19.4. The number of piperazine rings is 1. The van der Waals surface area contributed by atoms with Crippen molar-refractivity contribution < 1.29 is 40.3 Å². The number of carbonyl (C=O) groups excluding carboxylic acids is 1. The van der Waals surface area contributed by atoms with E-state index in [2.05, 4.69) is 0 Å². The molecule has 1 aliphatic rings. The standard InChI is InChI=1S/C16H17F7N2O2/c17-14(18)15(19,20)10-24-5-7-25(8-6-24)13(26)9-27-12-4-2-1-3-11(12)16(21,22)23/h1-4,14H,5-10H2. The number of amides is 1. The van der Waals surface area contributed by atoms with Crippen LogP contribution in [-0.4, -0.2) is 67.4 Å². The Kier molecular flexibility index (Phi) is 6.55. The molecule has 0 aliphatic carbocycles. The third-order valence-corrected chi connectivity index (χ3v) is 4.02. The van der Waals surface area contributed by atoms with E-state index in [1.54, 1.807) is 0 Å². The zero-order valence-corrected chi connectivity index (χ0v) is 14.0. The van der Waals surface area contributed by atoms with Gasteiger partial charge in [0.15, 0.2) is 6.61 Å². The number of benzene rings is 1. The fraction of sp³-hybridized carbons (Fsp3) is 0.562. The van der Waals surface area contributed by atoms with Crippen LogP contribution in [0, 0.1) is 0 Å². The number of hydrogen-bond acceptors (Lipinski definition) is 3. The second kappa shape index (κ2) is 8.32. The van der Waals surface area contributed by atoms with Crippen LogP contribution in [0.3, 0.4) is 0 Å². The summed E-state index contributed by atoms with van der Waals surface area (Å²) in [4.78, 5) is 14.4. The van der Waals surface area contributed by atoms with Gasteiger partial charge in [-0.2, -0.15) is 22.0 Å². The molecule has 1 aromatic rings. The van der Waals surface area contributed by atoms with Gasteiger partial charge in [0.05, 0.1) is 12.1 Å². The number of alkyl halides is 7. The van der Waals surface area contributed by atoms with Crippen molar-refractivity contribution in [2.45, 2.75) is 18.5 Å². The van der Waals surface area contributed by atoms with Gasteiger partial charge in [-0.15, -0.1) is 0 Å². The molecule has 1 fully saturated rings. The van der Waals surface area contributed by atoms with E-state index >= 15 is 0 Å². The van der Waals surface area contributed by atoms with Crippen molar-refractivity contribution in [3.8, 4) is 5.75 Å². The maximum atomic E-state index is 13.0. The van der Waals surface area contributed by atoms with Crippen molar-refractivity contribution in [1.82, 2.24) is 9.80 Å². The van der Waals surface area contributed by atoms with E-state index in [4.69, 9.17) is 4.74 Å². The van der Waals surface area contributed by atoms with Gasteiger partial charge < -0.3 is 9.64 Å². The number of nitrogens with zero attached hydrogens (tertiary/aromatic N) is 2. The van der Waals surface area contributed by atoms with Crippen LogP contribution < -0.4 is 4.74 Å². The molecule has 0 unspecified atom stereocenters. The Morgan fingerprint density at radius 1 is 1.04 bits per heavy atom. The first-order chi connectivity index (χ1) is 12.5. The zero-order chi connectivity index (χ0) is 20.2. The Bertz CT molecular complexity index is 644. The molecule has 0 radical (unpaired) electrons. The number of rotatable bonds is 6. The molecule has 1 saturated heterocycles. The number of carbonyl (C=O) groups is 1. The minimum atomic E-state index is -4.64. The lowest BCUT2D eigenvalue weighted by Crippen LogP contribution is -2.53. The average Bonchev–Trinajstić information content (AvgIpc) is 2.59. The summed E-state index contributed by atoms with van der Waals surface area (Å²) in [6.45, 7) is -1.90. The molecular weight excluding hydrogens is 385 g/mol. The summed E-state index contributed by atoms with van der Waals surface area (Å²) in [5.74, 6) is -5.25. The van der Waals surface area contributed by atoms with E-state index in [1.165, 1.54) is 17.0 Å². The maximum Gasteiger partial charge on any atom is 0.419 e. The third-order valence-electron chi connectivity index (χ3n) is 4.02. The molecule has 0 N–H and O–H groups in total. The lowest BCUT2D eigenvalue weighted by molar-refractivity contribution is -0.149. The molecule has 2 rings (SSSR count). The molecule has 0 atom stereocenters. The maximum absolute atomic E-state index is 13.0. The summed E-state index contributed by atoms with van der Waals surface area (Å²) in [7, 11) is 0. The van der Waals surface area contributed by atoms with Crippen molar-refractivity contribution >= 4 is 5.91 Å². The SMILES string of the molecule is O=C(COc1ccccc1C(F)(F)F)N1CCN(CC(F)(F)C(F)F)CC1. The predicted octanol–water partition coefficient (Wildman–Crippen LogP) is 3.13. The van der Waals surface area contributed by atoms with Crippen molar-refractivity contribution in [2.24, 2.45) is 0 Å². The van der Waals surface area contributed by atoms with Crippen molar-refractivity contribution in [2.75, 3.05) is 39.3 Å². The Balaban J connectivity index is 1.86. The summed E-state index contributed by atoms with van der Waals surface area (Å²) in [5, 5.41) is 0. The largest absolute Gasteiger partial charge is 0.483 e. The van der Waals surface area contributed by atoms with Gasteiger partial charge >= 0.3 is 18.5 Å². The second-order valence-electron chi connectivity index (χ2n) is 6.00. The zero-order valence-electron chi connectivity index (χ0n) is 14.0. The minimum absolute atomic E-state index is 0.0115. The van der Waals surface area contributed by atoms with Gasteiger partial charge in [0.2, 0.25) is 0 Å². The van der Waals surface area contributed by atoms with E-state index in [9.17, 15) is 35.5 Å². The average molecular weight is 402 g/mol. The van der Waals surface area contributed by atoms with E-state index in [-0.39, 0.29) is 26.2 Å². The smallest absolute Gasteiger partial charge is 0.419 e. The van der Waals surface area contributed by atoms with Crippen LogP contribution in [0.25, 0.3) is 0 Å². The van der Waals surface area contributed by atoms with Gasteiger partial charge in [-0.05, 0) is 12.1 Å². The topological polar surface area (TPSA) is 32.8 Å². The van der Waals surface area contributed by atoms with Gasteiger partial charge in [-0.3, -0.25) is 9.69 Å². The summed E-state index contributed by atoms with van der Waals surface area (Å²) in [5.41, 5.74) is -1.02. The first kappa shape index (κ1) is 21.3. The number of halogens is 7. The quantitative estimate of drug-likeness (QED) is 0.686. The molecule has 1 aromatic carbocycles. The summed E-state index contributed by atoms with van der Waals surface area (Å²) in [6, 6.07) is 4.42. The normalized spacial score (nSPS) is 16.7. The van der Waals surface area contributed by atoms with Gasteiger partial charge in [0.1, 0.15) is 5.75 Å². The summed E-state index contributed by atoms with van der Waals surface area (Å²) < 4.78 is 94.1. The number of para-hydroxylation sites is 1. The number of hydrogen-bond donors (Lipinski definition) is 0. The van der Waals surface area contributed by atoms with Crippen molar-refractivity contribution in [3.63, 3.8) is 0 Å². The molecular formula is C16H17F7N2O2. The molecule has 0 saturated carbocycles. The molecule has 0 spiro atoms. The minimum Gasteiger partial charge on any atom is -0.483 e. The Morgan fingerprint density at radius 2 is 1.63 bits per heavy atom. The van der Waals surface area contributed by atoms with Crippen LogP contribution in [0.15, 0.2) is 24.3 Å². The molecule has 0 bridgehead atoms. The fourth-order valence-corrected chi connectivity index (χ4v) is 2.58. The molecule has 11 heteroatoms. The molecule has 152 valence electrons. The molecule has 4 nitrogen and oxygen atoms in total. The summed E-state index contributed by atoms with van der Waals surface area (Å²) >= 11 is 0. The Hall–Kier alpha value is -2.04. The molecule has 0 aromatic heterocycles. The van der Waals surface area contributed by atoms with Crippen LogP contribution in [0.4, 0.5) is 30.7 Å². The predicted molar refractivity (Wildman–Crippen MR) is 80.9 cm³/mol. The van der Waals surface area contributed by atoms with Crippen LogP contribution >= 0.6 is 0 Å². The van der Waals surface area contributed by atoms with E-state index in [1.807, 2.05) is 0 Å². The van der Waals surface area contributed by atoms with Gasteiger partial charge in [-0.1, -0.05) is 12.1 Å². The van der Waals surface area contributed by atoms with Crippen LogP contribution in [0.5, 0.6) is 5.75 Å². The van der Waals surface area contributed by atoms with Crippen LogP contribution in [0.2, 0.25) is 0 Å².